The summed E-state index contributed by atoms with van der Waals surface area (Å²) in [5.41, 5.74) is 0. The largest absolute Gasteiger partial charge is 0.467 e. The van der Waals surface area contributed by atoms with Gasteiger partial charge in [-0.25, -0.2) is 4.79 Å². The van der Waals surface area contributed by atoms with E-state index in [1.54, 1.807) is 0 Å². The van der Waals surface area contributed by atoms with E-state index in [0.29, 0.717) is 6.54 Å². The van der Waals surface area contributed by atoms with E-state index in [1.807, 2.05) is 0 Å². The van der Waals surface area contributed by atoms with Crippen LogP contribution in [0.15, 0.2) is 0 Å². The number of ether oxygens (including phenoxy) is 1. The summed E-state index contributed by atoms with van der Waals surface area (Å²) in [5.74, 6) is -0.398. The van der Waals surface area contributed by atoms with Gasteiger partial charge in [0.15, 0.2) is 0 Å². The van der Waals surface area contributed by atoms with Crippen molar-refractivity contribution in [3.63, 3.8) is 0 Å². The van der Waals surface area contributed by atoms with Gasteiger partial charge in [-0.1, -0.05) is 0 Å². The lowest BCUT2D eigenvalue weighted by atomic mass is 10.5. The molecule has 0 aromatic heterocycles. The molecule has 1 rings (SSSR count). The lowest BCUT2D eigenvalue weighted by Gasteiger charge is -1.96. The number of amides is 1. The topological polar surface area (TPSA) is 46.4 Å². The molecule has 0 aromatic carbocycles. The van der Waals surface area contributed by atoms with E-state index in [4.69, 9.17) is 0 Å². The van der Waals surface area contributed by atoms with Crippen LogP contribution < -0.4 is 0 Å². The zero-order chi connectivity index (χ0) is 7.72. The van der Waals surface area contributed by atoms with E-state index in [2.05, 4.69) is 4.74 Å². The second-order valence-electron chi connectivity index (χ2n) is 2.21. The molecular weight excluding hydrogens is 134 g/mol. The summed E-state index contributed by atoms with van der Waals surface area (Å²) in [6, 6.07) is -0.303. The Morgan fingerprint density at radius 1 is 1.60 bits per heavy atom. The molecule has 0 spiro atoms. The minimum atomic E-state index is -0.324. The average Bonchev–Trinajstić information content (AvgIpc) is 2.64. The van der Waals surface area contributed by atoms with Gasteiger partial charge in [0.05, 0.1) is 13.7 Å². The molecule has 1 amide bonds. The third-order valence-corrected chi connectivity index (χ3v) is 1.49. The number of methoxy groups -OCH3 is 1. The molecule has 1 heterocycles. The summed E-state index contributed by atoms with van der Waals surface area (Å²) in [5, 5.41) is 0. The van der Waals surface area contributed by atoms with Crippen LogP contribution in [0.4, 0.5) is 0 Å². The Morgan fingerprint density at radius 3 is 2.50 bits per heavy atom. The predicted molar refractivity (Wildman–Crippen MR) is 33.2 cm³/mol. The van der Waals surface area contributed by atoms with Crippen LogP contribution in [0.1, 0.15) is 6.92 Å². The van der Waals surface area contributed by atoms with E-state index in [-0.39, 0.29) is 17.9 Å². The fraction of sp³-hybridized carbons (Fsp3) is 0.667. The maximum Gasteiger partial charge on any atom is 0.330 e. The molecule has 4 heteroatoms. The molecule has 0 aromatic rings. The van der Waals surface area contributed by atoms with Gasteiger partial charge in [-0.15, -0.1) is 0 Å². The normalized spacial score (nSPS) is 22.2. The minimum absolute atomic E-state index is 0.0737. The summed E-state index contributed by atoms with van der Waals surface area (Å²) in [4.78, 5) is 22.7. The van der Waals surface area contributed by atoms with Crippen molar-refractivity contribution in [2.45, 2.75) is 13.0 Å². The van der Waals surface area contributed by atoms with Crippen molar-refractivity contribution in [1.29, 1.82) is 0 Å². The first-order chi connectivity index (χ1) is 4.66. The van der Waals surface area contributed by atoms with Crippen molar-refractivity contribution < 1.29 is 14.3 Å². The second kappa shape index (κ2) is 2.28. The number of rotatable bonds is 1. The lowest BCUT2D eigenvalue weighted by Crippen LogP contribution is -2.17. The van der Waals surface area contributed by atoms with Gasteiger partial charge in [-0.05, 0) is 0 Å². The van der Waals surface area contributed by atoms with Crippen LogP contribution in [-0.4, -0.2) is 36.5 Å². The Kier molecular flexibility index (Phi) is 1.61. The molecule has 1 fully saturated rings. The Hall–Kier alpha value is -1.06. The van der Waals surface area contributed by atoms with Gasteiger partial charge in [-0.3, -0.25) is 4.79 Å². The molecule has 10 heavy (non-hydrogen) atoms. The molecule has 0 aliphatic carbocycles. The lowest BCUT2D eigenvalue weighted by molar-refractivity contribution is -0.142. The maximum absolute atomic E-state index is 10.7. The molecule has 1 atom stereocenters. The molecule has 4 nitrogen and oxygen atoms in total. The molecule has 0 bridgehead atoms. The zero-order valence-corrected chi connectivity index (χ0v) is 5.96. The van der Waals surface area contributed by atoms with Crippen LogP contribution in [0.5, 0.6) is 0 Å². The van der Waals surface area contributed by atoms with E-state index in [1.165, 1.54) is 18.9 Å². The highest BCUT2D eigenvalue weighted by Gasteiger charge is 2.43. The van der Waals surface area contributed by atoms with Crippen molar-refractivity contribution in [2.24, 2.45) is 0 Å². The first-order valence-electron chi connectivity index (χ1n) is 3.02. The van der Waals surface area contributed by atoms with Gasteiger partial charge in [0.2, 0.25) is 5.91 Å². The van der Waals surface area contributed by atoms with Crippen LogP contribution >= 0.6 is 0 Å². The standard InChI is InChI=1S/C6H9NO3/c1-4(8)7-3-5(7)6(9)10-2/h5H,3H2,1-2H3. The van der Waals surface area contributed by atoms with Crippen molar-refractivity contribution in [3.05, 3.63) is 0 Å². The summed E-state index contributed by atoms with van der Waals surface area (Å²) in [7, 11) is 1.32. The van der Waals surface area contributed by atoms with E-state index >= 15 is 0 Å². The highest BCUT2D eigenvalue weighted by molar-refractivity contribution is 5.88. The SMILES string of the molecule is COC(=O)C1CN1C(C)=O. The Bertz CT molecular complexity index is 178. The molecule has 1 aliphatic heterocycles. The minimum Gasteiger partial charge on any atom is -0.467 e. The summed E-state index contributed by atoms with van der Waals surface area (Å²) in [6.07, 6.45) is 0. The summed E-state index contributed by atoms with van der Waals surface area (Å²) < 4.78 is 4.42. The van der Waals surface area contributed by atoms with E-state index in [0.717, 1.165) is 0 Å². The third kappa shape index (κ3) is 1.10. The smallest absolute Gasteiger partial charge is 0.330 e. The number of hydrogen-bond donors (Lipinski definition) is 0. The fourth-order valence-corrected chi connectivity index (χ4v) is 0.825. The van der Waals surface area contributed by atoms with Crippen LogP contribution in [-0.2, 0) is 14.3 Å². The number of carbonyl (C=O) groups is 2. The quantitative estimate of drug-likeness (QED) is 0.363. The fourth-order valence-electron chi connectivity index (χ4n) is 0.825. The Labute approximate surface area is 58.8 Å². The summed E-state index contributed by atoms with van der Waals surface area (Å²) in [6.45, 7) is 1.95. The van der Waals surface area contributed by atoms with Crippen LogP contribution in [0, 0.1) is 0 Å². The van der Waals surface area contributed by atoms with Gasteiger partial charge in [0.25, 0.3) is 0 Å². The number of esters is 1. The average molecular weight is 143 g/mol. The van der Waals surface area contributed by atoms with Crippen LogP contribution in [0.2, 0.25) is 0 Å². The predicted octanol–water partition coefficient (Wildman–Crippen LogP) is -0.610. The van der Waals surface area contributed by atoms with Gasteiger partial charge >= 0.3 is 5.97 Å². The Morgan fingerprint density at radius 2 is 2.20 bits per heavy atom. The highest BCUT2D eigenvalue weighted by Crippen LogP contribution is 2.17. The first kappa shape index (κ1) is 7.05. The first-order valence-corrected chi connectivity index (χ1v) is 3.02. The van der Waals surface area contributed by atoms with Crippen molar-refractivity contribution in [2.75, 3.05) is 13.7 Å². The number of carbonyl (C=O) groups excluding carboxylic acids is 2. The third-order valence-electron chi connectivity index (χ3n) is 1.49. The second-order valence-corrected chi connectivity index (χ2v) is 2.21. The van der Waals surface area contributed by atoms with Gasteiger partial charge in [-0.2, -0.15) is 0 Å². The summed E-state index contributed by atoms with van der Waals surface area (Å²) >= 11 is 0. The highest BCUT2D eigenvalue weighted by atomic mass is 16.5. The molecule has 0 N–H and O–H groups in total. The van der Waals surface area contributed by atoms with E-state index < -0.39 is 0 Å². The van der Waals surface area contributed by atoms with Crippen molar-refractivity contribution >= 4 is 11.9 Å². The molecular formula is C6H9NO3. The molecule has 0 saturated carbocycles. The van der Waals surface area contributed by atoms with Crippen molar-refractivity contribution in [1.82, 2.24) is 4.90 Å². The van der Waals surface area contributed by atoms with E-state index in [9.17, 15) is 9.59 Å². The maximum atomic E-state index is 10.7. The number of hydrogen-bond acceptors (Lipinski definition) is 3. The molecule has 1 aliphatic rings. The Balaban J connectivity index is 2.38. The van der Waals surface area contributed by atoms with Gasteiger partial charge in [0, 0.05) is 6.92 Å². The van der Waals surface area contributed by atoms with Gasteiger partial charge < -0.3 is 9.64 Å². The monoisotopic (exact) mass is 143 g/mol. The van der Waals surface area contributed by atoms with Gasteiger partial charge in [0.1, 0.15) is 6.04 Å². The zero-order valence-electron chi connectivity index (χ0n) is 5.96. The molecule has 1 saturated heterocycles. The molecule has 1 unspecified atom stereocenters. The number of nitrogens with zero attached hydrogens (tertiary/aromatic N) is 1. The molecule has 0 radical (unpaired) electrons. The molecule has 56 valence electrons. The van der Waals surface area contributed by atoms with Crippen molar-refractivity contribution in [3.8, 4) is 0 Å². The van der Waals surface area contributed by atoms with Crippen LogP contribution in [0.25, 0.3) is 0 Å². The van der Waals surface area contributed by atoms with Crippen LogP contribution in [0.3, 0.4) is 0 Å².